The summed E-state index contributed by atoms with van der Waals surface area (Å²) in [7, 11) is 0. The van der Waals surface area contributed by atoms with Gasteiger partial charge in [-0.05, 0) is 23.6 Å². The van der Waals surface area contributed by atoms with Gasteiger partial charge in [0, 0.05) is 11.5 Å². The number of rotatable bonds is 5. The number of aromatic nitrogens is 4. The van der Waals surface area contributed by atoms with Crippen molar-refractivity contribution >= 4 is 45.2 Å². The number of nitrogens with one attached hydrogen (secondary N) is 3. The summed E-state index contributed by atoms with van der Waals surface area (Å²) in [6.07, 6.45) is 0. The van der Waals surface area contributed by atoms with E-state index in [-0.39, 0.29) is 22.3 Å². The van der Waals surface area contributed by atoms with Gasteiger partial charge in [-0.15, -0.1) is 0 Å². The van der Waals surface area contributed by atoms with Crippen LogP contribution in [0, 0.1) is 0 Å². The molecule has 5 rings (SSSR count). The second-order valence-electron chi connectivity index (χ2n) is 7.38. The van der Waals surface area contributed by atoms with Crippen LogP contribution in [0.4, 0.5) is 5.82 Å². The second kappa shape index (κ2) is 8.83. The molecule has 10 heteroatoms. The maximum atomic E-state index is 12.7. The van der Waals surface area contributed by atoms with Crippen LogP contribution in [0.3, 0.4) is 0 Å². The van der Waals surface area contributed by atoms with E-state index in [0.717, 1.165) is 28.6 Å². The van der Waals surface area contributed by atoms with Crippen LogP contribution in [0.5, 0.6) is 0 Å². The third-order valence-electron chi connectivity index (χ3n) is 5.15. The van der Waals surface area contributed by atoms with E-state index in [2.05, 4.69) is 20.3 Å². The molecular weight excluding hydrogens is 454 g/mol. The van der Waals surface area contributed by atoms with Crippen molar-refractivity contribution in [3.05, 3.63) is 104 Å². The number of nitrogens with zero attached hydrogens (tertiary/aromatic N) is 2. The van der Waals surface area contributed by atoms with Crippen LogP contribution >= 0.6 is 11.8 Å². The van der Waals surface area contributed by atoms with Crippen LogP contribution in [-0.2, 0) is 4.79 Å². The first kappa shape index (κ1) is 21.4. The van der Waals surface area contributed by atoms with Gasteiger partial charge in [-0.1, -0.05) is 60.3 Å². The molecule has 1 amide bonds. The van der Waals surface area contributed by atoms with Crippen molar-refractivity contribution in [2.45, 2.75) is 5.16 Å². The Morgan fingerprint density at radius 3 is 2.50 bits per heavy atom. The first-order valence-corrected chi connectivity index (χ1v) is 11.2. The van der Waals surface area contributed by atoms with Crippen molar-refractivity contribution < 1.29 is 4.79 Å². The summed E-state index contributed by atoms with van der Waals surface area (Å²) in [5.41, 5.74) is -0.568. The molecule has 0 aliphatic heterocycles. The van der Waals surface area contributed by atoms with Crippen molar-refractivity contribution in [3.63, 3.8) is 0 Å². The first-order chi connectivity index (χ1) is 16.5. The van der Waals surface area contributed by atoms with E-state index in [1.807, 2.05) is 30.3 Å². The van der Waals surface area contributed by atoms with Gasteiger partial charge in [0.1, 0.15) is 5.82 Å². The van der Waals surface area contributed by atoms with Crippen LogP contribution in [0.2, 0.25) is 0 Å². The summed E-state index contributed by atoms with van der Waals surface area (Å²) < 4.78 is 1.25. The topological polar surface area (TPSA) is 130 Å². The average Bonchev–Trinajstić information content (AvgIpc) is 2.82. The Morgan fingerprint density at radius 2 is 1.65 bits per heavy atom. The molecule has 0 saturated heterocycles. The standard InChI is InChI=1S/C24H17N5O4S/c30-20-12-19(29(24(33)27-20)18-11-5-7-14-6-1-2-8-15(14)18)26-21(31)13-34-23-25-17-10-4-3-9-16(17)22(32)28-23/h1-12H,13H2,(H,26,31)(H,25,28,32)(H,27,30,33). The Labute approximate surface area is 195 Å². The summed E-state index contributed by atoms with van der Waals surface area (Å²) in [5.74, 6) is -0.534. The van der Waals surface area contributed by atoms with Gasteiger partial charge in [-0.25, -0.2) is 14.3 Å². The number of para-hydroxylation sites is 1. The molecule has 0 bridgehead atoms. The molecule has 34 heavy (non-hydrogen) atoms. The number of fused-ring (bicyclic) bond motifs is 2. The largest absolute Gasteiger partial charge is 0.334 e. The molecule has 0 spiro atoms. The van der Waals surface area contributed by atoms with Gasteiger partial charge in [0.25, 0.3) is 11.1 Å². The molecule has 0 unspecified atom stereocenters. The predicted molar refractivity (Wildman–Crippen MR) is 132 cm³/mol. The normalized spacial score (nSPS) is 11.1. The van der Waals surface area contributed by atoms with E-state index in [4.69, 9.17) is 0 Å². The minimum absolute atomic E-state index is 0.0377. The Bertz CT molecular complexity index is 1730. The summed E-state index contributed by atoms with van der Waals surface area (Å²) >= 11 is 1.04. The summed E-state index contributed by atoms with van der Waals surface area (Å²) in [6.45, 7) is 0. The number of carbonyl (C=O) groups excluding carboxylic acids is 1. The molecule has 0 aliphatic carbocycles. The number of hydrogen-bond donors (Lipinski definition) is 3. The lowest BCUT2D eigenvalue weighted by atomic mass is 10.1. The fourth-order valence-electron chi connectivity index (χ4n) is 3.68. The molecule has 0 atom stereocenters. The summed E-state index contributed by atoms with van der Waals surface area (Å²) in [5, 5.41) is 5.07. The van der Waals surface area contributed by atoms with E-state index in [1.54, 1.807) is 36.4 Å². The highest BCUT2D eigenvalue weighted by Crippen LogP contribution is 2.23. The monoisotopic (exact) mass is 471 g/mol. The van der Waals surface area contributed by atoms with Gasteiger partial charge in [-0.2, -0.15) is 0 Å². The molecule has 2 heterocycles. The van der Waals surface area contributed by atoms with E-state index in [1.165, 1.54) is 4.57 Å². The minimum atomic E-state index is -0.674. The quantitative estimate of drug-likeness (QED) is 0.267. The van der Waals surface area contributed by atoms with Crippen molar-refractivity contribution in [3.8, 4) is 5.69 Å². The van der Waals surface area contributed by atoms with E-state index >= 15 is 0 Å². The van der Waals surface area contributed by atoms with Gasteiger partial charge >= 0.3 is 5.69 Å². The molecule has 2 aromatic heterocycles. The van der Waals surface area contributed by atoms with Crippen LogP contribution in [0.25, 0.3) is 27.4 Å². The van der Waals surface area contributed by atoms with Crippen LogP contribution in [0.1, 0.15) is 0 Å². The van der Waals surface area contributed by atoms with Crippen LogP contribution in [-0.4, -0.2) is 31.2 Å². The molecule has 9 nitrogen and oxygen atoms in total. The van der Waals surface area contributed by atoms with E-state index < -0.39 is 17.2 Å². The van der Waals surface area contributed by atoms with Gasteiger partial charge < -0.3 is 10.3 Å². The molecule has 0 radical (unpaired) electrons. The van der Waals surface area contributed by atoms with Crippen LogP contribution in [0.15, 0.2) is 92.3 Å². The van der Waals surface area contributed by atoms with Crippen molar-refractivity contribution in [2.75, 3.05) is 11.1 Å². The number of aromatic amines is 2. The molecule has 0 aliphatic rings. The number of hydrogen-bond acceptors (Lipinski definition) is 6. The second-order valence-corrected chi connectivity index (χ2v) is 8.35. The Morgan fingerprint density at radius 1 is 0.912 bits per heavy atom. The van der Waals surface area contributed by atoms with Crippen molar-refractivity contribution in [1.82, 2.24) is 19.5 Å². The zero-order valence-corrected chi connectivity index (χ0v) is 18.4. The number of amides is 1. The number of thioether (sulfide) groups is 1. The number of benzene rings is 3. The summed E-state index contributed by atoms with van der Waals surface area (Å²) in [6, 6.07) is 21.0. The van der Waals surface area contributed by atoms with Gasteiger partial charge in [0.05, 0.1) is 22.3 Å². The number of anilines is 1. The van der Waals surface area contributed by atoms with E-state index in [9.17, 15) is 19.2 Å². The van der Waals surface area contributed by atoms with Crippen LogP contribution < -0.4 is 22.1 Å². The third-order valence-corrected chi connectivity index (χ3v) is 6.02. The molecule has 3 N–H and O–H groups in total. The van der Waals surface area contributed by atoms with Crippen molar-refractivity contribution in [1.29, 1.82) is 0 Å². The number of H-pyrrole nitrogens is 2. The zero-order chi connectivity index (χ0) is 23.7. The minimum Gasteiger partial charge on any atom is -0.311 e. The lowest BCUT2D eigenvalue weighted by Gasteiger charge is -2.15. The maximum Gasteiger partial charge on any atom is 0.334 e. The highest BCUT2D eigenvalue weighted by atomic mass is 32.2. The molecule has 5 aromatic rings. The Balaban J connectivity index is 1.45. The maximum absolute atomic E-state index is 12.7. The van der Waals surface area contributed by atoms with Gasteiger partial charge in [0.2, 0.25) is 5.91 Å². The fourth-order valence-corrected chi connectivity index (χ4v) is 4.34. The highest BCUT2D eigenvalue weighted by molar-refractivity contribution is 7.99. The lowest BCUT2D eigenvalue weighted by molar-refractivity contribution is -0.113. The van der Waals surface area contributed by atoms with E-state index in [0.29, 0.717) is 16.6 Å². The first-order valence-electron chi connectivity index (χ1n) is 10.3. The fraction of sp³-hybridized carbons (Fsp3) is 0.0417. The SMILES string of the molecule is O=C(CSc1nc2ccccc2c(=O)[nH]1)Nc1cc(=O)[nH]c(=O)n1-c1cccc2ccccc12. The van der Waals surface area contributed by atoms with Gasteiger partial charge in [0.15, 0.2) is 5.16 Å². The molecular formula is C24H17N5O4S. The lowest BCUT2D eigenvalue weighted by Crippen LogP contribution is -2.32. The number of carbonyl (C=O) groups is 1. The molecule has 0 saturated carbocycles. The molecule has 168 valence electrons. The predicted octanol–water partition coefficient (Wildman–Crippen LogP) is 2.65. The molecule has 0 fully saturated rings. The highest BCUT2D eigenvalue weighted by Gasteiger charge is 2.14. The third kappa shape index (κ3) is 4.14. The Kier molecular flexibility index (Phi) is 5.56. The molecule has 3 aromatic carbocycles. The average molecular weight is 471 g/mol. The smallest absolute Gasteiger partial charge is 0.311 e. The zero-order valence-electron chi connectivity index (χ0n) is 17.6. The van der Waals surface area contributed by atoms with Gasteiger partial charge in [-0.3, -0.25) is 19.4 Å². The van der Waals surface area contributed by atoms with Crippen molar-refractivity contribution in [2.24, 2.45) is 0 Å². The Hall–Kier alpha value is -4.44. The summed E-state index contributed by atoms with van der Waals surface area (Å²) in [4.78, 5) is 58.9.